The van der Waals surface area contributed by atoms with E-state index in [-0.39, 0.29) is 0 Å². The lowest BCUT2D eigenvalue weighted by Gasteiger charge is -2.27. The van der Waals surface area contributed by atoms with Crippen molar-refractivity contribution in [3.05, 3.63) is 439 Å². The molecular formula is C113H121N5O. The molecule has 0 saturated heterocycles. The van der Waals surface area contributed by atoms with Gasteiger partial charge in [-0.2, -0.15) is 0 Å². The van der Waals surface area contributed by atoms with Gasteiger partial charge in [0, 0.05) is 91.4 Å². The summed E-state index contributed by atoms with van der Waals surface area (Å²) >= 11 is 0. The highest BCUT2D eigenvalue weighted by molar-refractivity contribution is 5.83. The fourth-order valence-electron chi connectivity index (χ4n) is 14.3. The molecule has 0 N–H and O–H groups in total. The van der Waals surface area contributed by atoms with Crippen LogP contribution < -0.4 is 29.2 Å². The van der Waals surface area contributed by atoms with Crippen LogP contribution in [0.2, 0.25) is 0 Å². The zero-order valence-corrected chi connectivity index (χ0v) is 74.2. The molecule has 0 radical (unpaired) electrons. The first-order chi connectivity index (χ1) is 57.2. The van der Waals surface area contributed by atoms with Gasteiger partial charge >= 0.3 is 0 Å². The molecule has 119 heavy (non-hydrogen) atoms. The summed E-state index contributed by atoms with van der Waals surface area (Å²) in [5.41, 5.74) is 43.6. The molecule has 0 spiro atoms. The zero-order valence-electron chi connectivity index (χ0n) is 74.2. The third-order valence-corrected chi connectivity index (χ3v) is 22.3. The third kappa shape index (κ3) is 23.1. The molecule has 0 unspecified atom stereocenters. The van der Waals surface area contributed by atoms with Gasteiger partial charge in [-0.3, -0.25) is 0 Å². The molecular weight excluding hydrogens is 1440 g/mol. The Morgan fingerprint density at radius 1 is 0.176 bits per heavy atom. The van der Waals surface area contributed by atoms with Gasteiger partial charge in [0.25, 0.3) is 0 Å². The van der Waals surface area contributed by atoms with E-state index < -0.39 is 0 Å². The van der Waals surface area contributed by atoms with Crippen LogP contribution in [0.4, 0.5) is 85.3 Å². The SMILES string of the molecule is CCCc1cc(N(c2ccc(C)cc2)c2ccc(C)cc2)ccc1C.COc1cc(N(c2ccc(C)cc2)c2ccc(C)cc2)ccc1C.Cc1ccc(N(c2ccc(C)c(C)c2)c2ccc(C)c(C)c2)cc1.Cc1ccc(N(c2ccc(C)cc2)c2cc(C)c(C)c(C)c2)cc1.Cc1ccc(N(c2ccc(C)cc2)c2ccc(C)cc2)cc1. The Balaban J connectivity index is 0.000000146. The first-order valence-electron chi connectivity index (χ1n) is 41.8. The van der Waals surface area contributed by atoms with Gasteiger partial charge in [-0.15, -0.1) is 0 Å². The summed E-state index contributed by atoms with van der Waals surface area (Å²) in [5.74, 6) is 0.900. The number of rotatable bonds is 18. The molecule has 0 aromatic heterocycles. The van der Waals surface area contributed by atoms with E-state index in [9.17, 15) is 0 Å². The molecule has 0 fully saturated rings. The monoisotopic (exact) mass is 1560 g/mol. The zero-order chi connectivity index (χ0) is 85.0. The van der Waals surface area contributed by atoms with Crippen LogP contribution >= 0.6 is 0 Å². The molecule has 0 saturated carbocycles. The van der Waals surface area contributed by atoms with Crippen LogP contribution in [-0.4, -0.2) is 7.11 Å². The van der Waals surface area contributed by atoms with Gasteiger partial charge in [0.15, 0.2) is 0 Å². The highest BCUT2D eigenvalue weighted by Crippen LogP contribution is 2.43. The molecule has 0 aliphatic heterocycles. The quantitative estimate of drug-likeness (QED) is 0.0849. The van der Waals surface area contributed by atoms with Crippen molar-refractivity contribution in [2.24, 2.45) is 0 Å². The van der Waals surface area contributed by atoms with E-state index in [0.717, 1.165) is 34.8 Å². The Morgan fingerprint density at radius 3 is 0.597 bits per heavy atom. The Labute approximate surface area is 713 Å². The number of hydrogen-bond acceptors (Lipinski definition) is 6. The summed E-state index contributed by atoms with van der Waals surface area (Å²) in [6.07, 6.45) is 2.29. The predicted octanol–water partition coefficient (Wildman–Crippen LogP) is 32.6. The molecule has 0 atom stereocenters. The summed E-state index contributed by atoms with van der Waals surface area (Å²) in [7, 11) is 1.72. The number of anilines is 15. The maximum Gasteiger partial charge on any atom is 0.123 e. The van der Waals surface area contributed by atoms with Gasteiger partial charge in [0.05, 0.1) is 7.11 Å². The molecule has 0 amide bonds. The highest BCUT2D eigenvalue weighted by Gasteiger charge is 2.20. The van der Waals surface area contributed by atoms with Crippen molar-refractivity contribution >= 4 is 85.3 Å². The topological polar surface area (TPSA) is 25.4 Å². The summed E-state index contributed by atoms with van der Waals surface area (Å²) in [4.78, 5) is 11.5. The normalized spacial score (nSPS) is 10.6. The standard InChI is InChI=1S/C24H27N.2C23H25N.C22H23NO.C21H21N/c1-5-6-21-17-24(16-11-20(21)4)25(22-12-7-18(2)8-13-22)23-14-9-19(3)10-15-23;1-16-6-10-21(11-7-16)24(22-12-8-17(2)19(4)14-22)23-13-9-18(3)20(5)15-23;1-16-6-10-21(11-7-16)24(22-12-8-17(2)9-13-22)23-14-18(3)20(5)19(4)15-23;1-16-5-10-19(11-6-16)23(20-12-7-17(2)8-13-20)21-14-9-18(3)22(15-21)24-4;1-16-4-10-19(11-5-16)22(20-12-6-17(2)7-13-20)21-14-8-18(3)9-15-21/h7-17H,5-6H2,1-4H3;2*6-15H,1-5H3;5-15H,1-4H3;4-15H,1-3H3. The minimum atomic E-state index is 0.900. The van der Waals surface area contributed by atoms with Crippen LogP contribution in [0.1, 0.15) is 125 Å². The minimum absolute atomic E-state index is 0.900. The molecule has 0 aliphatic rings. The second kappa shape index (κ2) is 40.8. The Kier molecular flexibility index (Phi) is 29.8. The van der Waals surface area contributed by atoms with E-state index in [4.69, 9.17) is 4.74 Å². The van der Waals surface area contributed by atoms with Crippen molar-refractivity contribution in [1.29, 1.82) is 0 Å². The van der Waals surface area contributed by atoms with Crippen LogP contribution in [0.25, 0.3) is 0 Å². The van der Waals surface area contributed by atoms with Crippen LogP contribution in [0.3, 0.4) is 0 Å². The molecule has 0 aliphatic carbocycles. The van der Waals surface area contributed by atoms with Crippen molar-refractivity contribution in [3.63, 3.8) is 0 Å². The van der Waals surface area contributed by atoms with Crippen molar-refractivity contribution in [2.75, 3.05) is 31.6 Å². The number of methoxy groups -OCH3 is 1. The van der Waals surface area contributed by atoms with E-state index >= 15 is 0 Å². The lowest BCUT2D eigenvalue weighted by atomic mass is 10.0. The lowest BCUT2D eigenvalue weighted by Crippen LogP contribution is -2.11. The third-order valence-electron chi connectivity index (χ3n) is 22.3. The Bertz CT molecular complexity index is 5390. The molecule has 0 bridgehead atoms. The molecule has 15 aromatic carbocycles. The molecule has 6 nitrogen and oxygen atoms in total. The Morgan fingerprint density at radius 2 is 0.361 bits per heavy atom. The van der Waals surface area contributed by atoms with E-state index in [1.54, 1.807) is 7.11 Å². The fraction of sp³-hybridized carbons (Fsp3) is 0.204. The van der Waals surface area contributed by atoms with Crippen molar-refractivity contribution in [1.82, 2.24) is 0 Å². The molecule has 0 heterocycles. The van der Waals surface area contributed by atoms with Crippen LogP contribution in [0, 0.1) is 132 Å². The van der Waals surface area contributed by atoms with Gasteiger partial charge in [-0.1, -0.05) is 215 Å². The number of benzene rings is 15. The van der Waals surface area contributed by atoms with Crippen molar-refractivity contribution < 1.29 is 4.74 Å². The Hall–Kier alpha value is -12.9. The fourth-order valence-corrected chi connectivity index (χ4v) is 14.3. The second-order valence-corrected chi connectivity index (χ2v) is 32.3. The van der Waals surface area contributed by atoms with Gasteiger partial charge < -0.3 is 29.2 Å². The van der Waals surface area contributed by atoms with Crippen LogP contribution in [0.15, 0.2) is 328 Å². The van der Waals surface area contributed by atoms with E-state index in [0.29, 0.717) is 0 Å². The largest absolute Gasteiger partial charge is 0.496 e. The maximum absolute atomic E-state index is 5.52. The first-order valence-corrected chi connectivity index (χ1v) is 41.8. The van der Waals surface area contributed by atoms with Crippen LogP contribution in [-0.2, 0) is 6.42 Å². The van der Waals surface area contributed by atoms with Gasteiger partial charge in [-0.25, -0.2) is 0 Å². The van der Waals surface area contributed by atoms with E-state index in [1.807, 2.05) is 0 Å². The van der Waals surface area contributed by atoms with Gasteiger partial charge in [0.1, 0.15) is 5.75 Å². The lowest BCUT2D eigenvalue weighted by molar-refractivity contribution is 0.412. The average Bonchev–Trinajstić information content (AvgIpc) is 0.808. The van der Waals surface area contributed by atoms with E-state index in [2.05, 4.69) is 491 Å². The molecule has 6 heteroatoms. The number of hydrogen-bond donors (Lipinski definition) is 0. The van der Waals surface area contributed by atoms with E-state index in [1.165, 1.54) is 180 Å². The second-order valence-electron chi connectivity index (χ2n) is 32.3. The molecule has 604 valence electrons. The molecule has 15 aromatic rings. The van der Waals surface area contributed by atoms with Gasteiger partial charge in [0.2, 0.25) is 0 Å². The summed E-state index contributed by atoms with van der Waals surface area (Å²) in [5, 5.41) is 0. The summed E-state index contributed by atoms with van der Waals surface area (Å²) in [6.45, 7) is 42.9. The summed E-state index contributed by atoms with van der Waals surface area (Å²) in [6, 6.07) is 118. The van der Waals surface area contributed by atoms with Crippen molar-refractivity contribution in [2.45, 2.75) is 151 Å². The van der Waals surface area contributed by atoms with Crippen LogP contribution in [0.5, 0.6) is 5.75 Å². The number of aryl methyl sites for hydroxylation is 19. The smallest absolute Gasteiger partial charge is 0.123 e. The highest BCUT2D eigenvalue weighted by atomic mass is 16.5. The predicted molar refractivity (Wildman–Crippen MR) is 516 cm³/mol. The van der Waals surface area contributed by atoms with Crippen molar-refractivity contribution in [3.8, 4) is 5.75 Å². The number of ether oxygens (including phenoxy) is 1. The first kappa shape index (κ1) is 86.9. The average molecular weight is 1570 g/mol. The molecule has 15 rings (SSSR count). The number of nitrogens with zero attached hydrogens (tertiary/aromatic N) is 5. The summed E-state index contributed by atoms with van der Waals surface area (Å²) < 4.78 is 5.52. The maximum atomic E-state index is 5.52. The minimum Gasteiger partial charge on any atom is -0.496 e. The van der Waals surface area contributed by atoms with Gasteiger partial charge in [-0.05, 0) is 370 Å².